The Bertz CT molecular complexity index is 796. The highest BCUT2D eigenvalue weighted by Crippen LogP contribution is 2.28. The first-order valence-corrected chi connectivity index (χ1v) is 8.94. The van der Waals surface area contributed by atoms with Crippen molar-refractivity contribution < 1.29 is 9.53 Å². The van der Waals surface area contributed by atoms with Gasteiger partial charge in [-0.1, -0.05) is 12.1 Å². The van der Waals surface area contributed by atoms with E-state index in [1.165, 1.54) is 23.7 Å². The minimum Gasteiger partial charge on any atom is -0.381 e. The van der Waals surface area contributed by atoms with E-state index in [1.807, 2.05) is 19.1 Å². The van der Waals surface area contributed by atoms with Crippen LogP contribution in [0.5, 0.6) is 0 Å². The van der Waals surface area contributed by atoms with Crippen LogP contribution >= 0.6 is 0 Å². The van der Waals surface area contributed by atoms with Gasteiger partial charge in [0.25, 0.3) is 5.56 Å². The van der Waals surface area contributed by atoms with Gasteiger partial charge in [-0.3, -0.25) is 14.2 Å². The first-order valence-electron chi connectivity index (χ1n) is 8.94. The van der Waals surface area contributed by atoms with Gasteiger partial charge in [0.05, 0.1) is 17.2 Å². The lowest BCUT2D eigenvalue weighted by Crippen LogP contribution is -2.28. The number of aromatic nitrogens is 2. The lowest BCUT2D eigenvalue weighted by Gasteiger charge is -2.09. The van der Waals surface area contributed by atoms with Gasteiger partial charge in [-0.05, 0) is 43.7 Å². The zero-order valence-electron chi connectivity index (χ0n) is 14.7. The number of fused-ring (bicyclic) bond motifs is 1. The van der Waals surface area contributed by atoms with Crippen LogP contribution in [0.2, 0.25) is 0 Å². The molecule has 2 aromatic rings. The molecule has 1 amide bonds. The monoisotopic (exact) mass is 343 g/mol. The lowest BCUT2D eigenvalue weighted by molar-refractivity contribution is -0.121. The van der Waals surface area contributed by atoms with Gasteiger partial charge in [0.1, 0.15) is 0 Å². The highest BCUT2D eigenvalue weighted by molar-refractivity contribution is 5.80. The molecule has 6 heteroatoms. The molecule has 0 bridgehead atoms. The van der Waals surface area contributed by atoms with E-state index in [0.717, 1.165) is 30.0 Å². The Morgan fingerprint density at radius 1 is 1.40 bits per heavy atom. The molecular formula is C19H25N3O3. The average Bonchev–Trinajstić information content (AvgIpc) is 3.42. The van der Waals surface area contributed by atoms with Crippen LogP contribution in [-0.4, -0.2) is 35.2 Å². The molecule has 1 saturated carbocycles. The van der Waals surface area contributed by atoms with E-state index in [4.69, 9.17) is 4.74 Å². The number of ether oxygens (including phenoxy) is 1. The average molecular weight is 343 g/mol. The molecule has 0 radical (unpaired) electrons. The Balaban J connectivity index is 1.43. The van der Waals surface area contributed by atoms with Crippen molar-refractivity contribution >= 4 is 16.8 Å². The third-order valence-electron chi connectivity index (χ3n) is 4.47. The fourth-order valence-corrected chi connectivity index (χ4v) is 2.74. The predicted molar refractivity (Wildman–Crippen MR) is 96.5 cm³/mol. The van der Waals surface area contributed by atoms with E-state index in [1.54, 1.807) is 6.07 Å². The fourth-order valence-electron chi connectivity index (χ4n) is 2.74. The number of nitrogens with one attached hydrogen (secondary N) is 1. The van der Waals surface area contributed by atoms with Gasteiger partial charge < -0.3 is 10.1 Å². The molecular weight excluding hydrogens is 318 g/mol. The number of hydrogen-bond acceptors (Lipinski definition) is 4. The van der Waals surface area contributed by atoms with E-state index in [9.17, 15) is 9.59 Å². The van der Waals surface area contributed by atoms with Crippen molar-refractivity contribution in [2.45, 2.75) is 39.2 Å². The number of aryl methyl sites for hydroxylation is 2. The van der Waals surface area contributed by atoms with Crippen molar-refractivity contribution in [2.75, 3.05) is 19.8 Å². The Labute approximate surface area is 147 Å². The van der Waals surface area contributed by atoms with Crippen LogP contribution in [0.4, 0.5) is 0 Å². The molecule has 3 rings (SSSR count). The predicted octanol–water partition coefficient (Wildman–Crippen LogP) is 2.03. The molecule has 0 saturated heterocycles. The molecule has 0 atom stereocenters. The molecule has 0 spiro atoms. The van der Waals surface area contributed by atoms with Crippen LogP contribution in [-0.2, 0) is 16.1 Å². The van der Waals surface area contributed by atoms with E-state index < -0.39 is 0 Å². The normalized spacial score (nSPS) is 14.0. The maximum Gasteiger partial charge on any atom is 0.261 e. The van der Waals surface area contributed by atoms with Gasteiger partial charge in [0.15, 0.2) is 0 Å². The quantitative estimate of drug-likeness (QED) is 0.707. The van der Waals surface area contributed by atoms with Gasteiger partial charge in [-0.25, -0.2) is 4.98 Å². The van der Waals surface area contributed by atoms with Gasteiger partial charge in [-0.15, -0.1) is 0 Å². The summed E-state index contributed by atoms with van der Waals surface area (Å²) in [5.74, 6) is 0.714. The number of nitrogens with zero attached hydrogens (tertiary/aromatic N) is 2. The van der Waals surface area contributed by atoms with E-state index in [0.29, 0.717) is 25.1 Å². The summed E-state index contributed by atoms with van der Waals surface area (Å²) < 4.78 is 7.03. The van der Waals surface area contributed by atoms with Crippen LogP contribution in [0.15, 0.2) is 29.3 Å². The van der Waals surface area contributed by atoms with E-state index >= 15 is 0 Å². The zero-order valence-corrected chi connectivity index (χ0v) is 14.7. The van der Waals surface area contributed by atoms with Crippen molar-refractivity contribution in [1.29, 1.82) is 0 Å². The smallest absolute Gasteiger partial charge is 0.261 e. The Kier molecular flexibility index (Phi) is 5.81. The van der Waals surface area contributed by atoms with Crippen molar-refractivity contribution in [1.82, 2.24) is 14.9 Å². The molecule has 6 nitrogen and oxygen atoms in total. The van der Waals surface area contributed by atoms with Crippen LogP contribution in [0.1, 0.15) is 31.2 Å². The Morgan fingerprint density at radius 2 is 2.24 bits per heavy atom. The summed E-state index contributed by atoms with van der Waals surface area (Å²) in [5, 5.41) is 3.46. The SMILES string of the molecule is Cc1cccc2c(=O)n(CCC(=O)NCCCOCC3CC3)cnc12. The molecule has 1 aliphatic rings. The number of benzene rings is 1. The largest absolute Gasteiger partial charge is 0.381 e. The van der Waals surface area contributed by atoms with Crippen LogP contribution in [0, 0.1) is 12.8 Å². The minimum absolute atomic E-state index is 0.0570. The molecule has 1 aromatic heterocycles. The number of para-hydroxylation sites is 1. The van der Waals surface area contributed by atoms with Crippen LogP contribution in [0.25, 0.3) is 10.9 Å². The third kappa shape index (κ3) is 4.89. The molecule has 1 N–H and O–H groups in total. The topological polar surface area (TPSA) is 73.2 Å². The molecule has 25 heavy (non-hydrogen) atoms. The summed E-state index contributed by atoms with van der Waals surface area (Å²) in [6, 6.07) is 5.56. The Morgan fingerprint density at radius 3 is 3.04 bits per heavy atom. The maximum absolute atomic E-state index is 12.5. The molecule has 1 aromatic carbocycles. The van der Waals surface area contributed by atoms with Crippen LogP contribution in [0.3, 0.4) is 0 Å². The summed E-state index contributed by atoms with van der Waals surface area (Å²) >= 11 is 0. The van der Waals surface area contributed by atoms with Crippen LogP contribution < -0.4 is 10.9 Å². The second-order valence-corrected chi connectivity index (χ2v) is 6.69. The summed E-state index contributed by atoms with van der Waals surface area (Å²) in [6.45, 7) is 4.41. The second-order valence-electron chi connectivity index (χ2n) is 6.69. The lowest BCUT2D eigenvalue weighted by atomic mass is 10.1. The first-order chi connectivity index (χ1) is 12.1. The van der Waals surface area contributed by atoms with E-state index in [-0.39, 0.29) is 17.9 Å². The number of hydrogen-bond donors (Lipinski definition) is 1. The molecule has 1 fully saturated rings. The van der Waals surface area contributed by atoms with Gasteiger partial charge in [-0.2, -0.15) is 0 Å². The van der Waals surface area contributed by atoms with Gasteiger partial charge in [0.2, 0.25) is 5.91 Å². The second kappa shape index (κ2) is 8.25. The van der Waals surface area contributed by atoms with E-state index in [2.05, 4.69) is 10.3 Å². The van der Waals surface area contributed by atoms with Gasteiger partial charge in [0, 0.05) is 32.7 Å². The molecule has 134 valence electrons. The van der Waals surface area contributed by atoms with Crippen molar-refractivity contribution in [3.05, 3.63) is 40.4 Å². The number of carbonyl (C=O) groups excluding carboxylic acids is 1. The van der Waals surface area contributed by atoms with Crippen molar-refractivity contribution in [3.63, 3.8) is 0 Å². The zero-order chi connectivity index (χ0) is 17.6. The minimum atomic E-state index is -0.102. The summed E-state index contributed by atoms with van der Waals surface area (Å²) in [6.07, 6.45) is 5.19. The first kappa shape index (κ1) is 17.6. The Hall–Kier alpha value is -2.21. The molecule has 0 unspecified atom stereocenters. The number of rotatable bonds is 9. The van der Waals surface area contributed by atoms with Crippen molar-refractivity contribution in [3.8, 4) is 0 Å². The summed E-state index contributed by atoms with van der Waals surface area (Å²) in [4.78, 5) is 28.7. The summed E-state index contributed by atoms with van der Waals surface area (Å²) in [5.41, 5.74) is 1.60. The number of amides is 1. The highest BCUT2D eigenvalue weighted by Gasteiger charge is 2.20. The maximum atomic E-state index is 12.5. The van der Waals surface area contributed by atoms with Crippen molar-refractivity contribution in [2.24, 2.45) is 5.92 Å². The highest BCUT2D eigenvalue weighted by atomic mass is 16.5. The molecule has 1 aliphatic carbocycles. The fraction of sp³-hybridized carbons (Fsp3) is 0.526. The number of carbonyl (C=O) groups is 1. The third-order valence-corrected chi connectivity index (χ3v) is 4.47. The van der Waals surface area contributed by atoms with Gasteiger partial charge >= 0.3 is 0 Å². The molecule has 0 aliphatic heterocycles. The summed E-state index contributed by atoms with van der Waals surface area (Å²) in [7, 11) is 0. The standard InChI is InChI=1S/C19H25N3O3/c1-14-4-2-5-16-18(14)21-13-22(19(16)24)10-8-17(23)20-9-3-11-25-12-15-6-7-15/h2,4-5,13,15H,3,6-12H2,1H3,(H,20,23). The molecule has 1 heterocycles.